The summed E-state index contributed by atoms with van der Waals surface area (Å²) in [7, 11) is 2.14. The normalized spacial score (nSPS) is 28.6. The smallest absolute Gasteiger partial charge is 0.223 e. The summed E-state index contributed by atoms with van der Waals surface area (Å²) in [6.45, 7) is 7.26. The maximum Gasteiger partial charge on any atom is 0.223 e. The quantitative estimate of drug-likeness (QED) is 0.726. The van der Waals surface area contributed by atoms with Gasteiger partial charge in [-0.25, -0.2) is 0 Å². The third-order valence-corrected chi connectivity index (χ3v) is 3.70. The van der Waals surface area contributed by atoms with E-state index in [9.17, 15) is 4.79 Å². The topological polar surface area (TPSA) is 35.6 Å². The standard InChI is InChI=1S/C12H23N3O/c1-10-9-14(2)4-3-5-15(10)12(16)6-11-7-13-8-11/h10-11,13H,3-9H2,1-2H3. The zero-order chi connectivity index (χ0) is 11.5. The molecule has 0 radical (unpaired) electrons. The second-order valence-electron chi connectivity index (χ2n) is 5.28. The lowest BCUT2D eigenvalue weighted by atomic mass is 9.98. The minimum absolute atomic E-state index is 0.356. The average molecular weight is 225 g/mol. The minimum Gasteiger partial charge on any atom is -0.339 e. The van der Waals surface area contributed by atoms with Crippen LogP contribution in [0.2, 0.25) is 0 Å². The summed E-state index contributed by atoms with van der Waals surface area (Å²) in [4.78, 5) is 16.6. The number of nitrogens with zero attached hydrogens (tertiary/aromatic N) is 2. The molecule has 16 heavy (non-hydrogen) atoms. The van der Waals surface area contributed by atoms with E-state index in [1.165, 1.54) is 0 Å². The summed E-state index contributed by atoms with van der Waals surface area (Å²) in [5.41, 5.74) is 0. The van der Waals surface area contributed by atoms with Crippen molar-refractivity contribution in [2.24, 2.45) is 5.92 Å². The van der Waals surface area contributed by atoms with Gasteiger partial charge in [0.1, 0.15) is 0 Å². The van der Waals surface area contributed by atoms with Crippen LogP contribution < -0.4 is 5.32 Å². The van der Waals surface area contributed by atoms with Crippen LogP contribution in [0.25, 0.3) is 0 Å². The first-order valence-electron chi connectivity index (χ1n) is 6.35. The van der Waals surface area contributed by atoms with Gasteiger partial charge >= 0.3 is 0 Å². The fourth-order valence-electron chi connectivity index (χ4n) is 2.60. The Morgan fingerprint density at radius 1 is 1.38 bits per heavy atom. The molecule has 0 saturated carbocycles. The molecule has 4 heteroatoms. The molecule has 2 fully saturated rings. The molecule has 0 aromatic carbocycles. The SMILES string of the molecule is CC1CN(C)CCCN1C(=O)CC1CNC1. The molecule has 0 aromatic heterocycles. The molecule has 2 saturated heterocycles. The first-order valence-corrected chi connectivity index (χ1v) is 6.35. The molecule has 2 heterocycles. The van der Waals surface area contributed by atoms with Gasteiger partial charge in [-0.2, -0.15) is 0 Å². The van der Waals surface area contributed by atoms with Gasteiger partial charge in [0.25, 0.3) is 0 Å². The minimum atomic E-state index is 0.356. The van der Waals surface area contributed by atoms with Gasteiger partial charge < -0.3 is 15.1 Å². The lowest BCUT2D eigenvalue weighted by Gasteiger charge is -2.32. The van der Waals surface area contributed by atoms with E-state index >= 15 is 0 Å². The highest BCUT2D eigenvalue weighted by Crippen LogP contribution is 2.15. The number of hydrogen-bond donors (Lipinski definition) is 1. The van der Waals surface area contributed by atoms with Gasteiger partial charge in [-0.05, 0) is 45.9 Å². The van der Waals surface area contributed by atoms with Gasteiger partial charge in [-0.3, -0.25) is 4.79 Å². The van der Waals surface area contributed by atoms with Crippen LogP contribution in [-0.4, -0.2) is 61.5 Å². The van der Waals surface area contributed by atoms with Crippen LogP contribution in [0.3, 0.4) is 0 Å². The van der Waals surface area contributed by atoms with Crippen LogP contribution in [0.5, 0.6) is 0 Å². The van der Waals surface area contributed by atoms with Crippen LogP contribution in [0.4, 0.5) is 0 Å². The van der Waals surface area contributed by atoms with Crippen molar-refractivity contribution in [3.05, 3.63) is 0 Å². The highest BCUT2D eigenvalue weighted by molar-refractivity contribution is 5.77. The molecule has 0 aromatic rings. The Morgan fingerprint density at radius 2 is 2.12 bits per heavy atom. The Kier molecular flexibility index (Phi) is 3.82. The molecule has 2 aliphatic heterocycles. The average Bonchev–Trinajstić information content (AvgIpc) is 2.32. The van der Waals surface area contributed by atoms with Gasteiger partial charge in [0.2, 0.25) is 5.91 Å². The number of amides is 1. The Hall–Kier alpha value is -0.610. The highest BCUT2D eigenvalue weighted by atomic mass is 16.2. The van der Waals surface area contributed by atoms with Gasteiger partial charge in [0.05, 0.1) is 0 Å². The first-order chi connectivity index (χ1) is 7.66. The van der Waals surface area contributed by atoms with Gasteiger partial charge in [0.15, 0.2) is 0 Å². The van der Waals surface area contributed by atoms with E-state index in [1.807, 2.05) is 0 Å². The largest absolute Gasteiger partial charge is 0.339 e. The molecule has 1 atom stereocenters. The van der Waals surface area contributed by atoms with E-state index in [1.54, 1.807) is 0 Å². The molecule has 0 spiro atoms. The molecule has 4 nitrogen and oxygen atoms in total. The fourth-order valence-corrected chi connectivity index (χ4v) is 2.60. The molecule has 1 amide bonds. The molecule has 2 rings (SSSR count). The third kappa shape index (κ3) is 2.74. The number of carbonyl (C=O) groups is 1. The van der Waals surface area contributed by atoms with Crippen molar-refractivity contribution in [1.29, 1.82) is 0 Å². The van der Waals surface area contributed by atoms with Crippen molar-refractivity contribution in [3.8, 4) is 0 Å². The highest BCUT2D eigenvalue weighted by Gasteiger charge is 2.27. The molecule has 0 aliphatic carbocycles. The van der Waals surface area contributed by atoms with Crippen LogP contribution in [0.15, 0.2) is 0 Å². The van der Waals surface area contributed by atoms with Crippen molar-refractivity contribution in [1.82, 2.24) is 15.1 Å². The van der Waals surface area contributed by atoms with E-state index in [2.05, 4.69) is 29.1 Å². The third-order valence-electron chi connectivity index (χ3n) is 3.70. The van der Waals surface area contributed by atoms with Crippen LogP contribution in [0.1, 0.15) is 19.8 Å². The van der Waals surface area contributed by atoms with E-state index in [4.69, 9.17) is 0 Å². The van der Waals surface area contributed by atoms with E-state index in [0.717, 1.165) is 45.6 Å². The first kappa shape index (κ1) is 11.9. The van der Waals surface area contributed by atoms with Gasteiger partial charge in [-0.15, -0.1) is 0 Å². The summed E-state index contributed by atoms with van der Waals surface area (Å²) < 4.78 is 0. The summed E-state index contributed by atoms with van der Waals surface area (Å²) >= 11 is 0. The van der Waals surface area contributed by atoms with Crippen molar-refractivity contribution >= 4 is 5.91 Å². The van der Waals surface area contributed by atoms with Crippen molar-refractivity contribution in [2.75, 3.05) is 39.8 Å². The van der Waals surface area contributed by atoms with Crippen LogP contribution >= 0.6 is 0 Å². The predicted octanol–water partition coefficient (Wildman–Crippen LogP) is 0.149. The van der Waals surface area contributed by atoms with Crippen molar-refractivity contribution < 1.29 is 4.79 Å². The maximum absolute atomic E-state index is 12.2. The lowest BCUT2D eigenvalue weighted by Crippen LogP contribution is -2.47. The monoisotopic (exact) mass is 225 g/mol. The summed E-state index contributed by atoms with van der Waals surface area (Å²) in [5, 5.41) is 3.22. The Morgan fingerprint density at radius 3 is 2.75 bits per heavy atom. The number of rotatable bonds is 2. The zero-order valence-electron chi connectivity index (χ0n) is 10.4. The number of hydrogen-bond acceptors (Lipinski definition) is 3. The molecule has 92 valence electrons. The second-order valence-corrected chi connectivity index (χ2v) is 5.28. The Labute approximate surface area is 98.0 Å². The molecule has 2 aliphatic rings. The zero-order valence-corrected chi connectivity index (χ0v) is 10.4. The fraction of sp³-hybridized carbons (Fsp3) is 0.917. The number of likely N-dealkylation sites (N-methyl/N-ethyl adjacent to an activating group) is 1. The summed E-state index contributed by atoms with van der Waals surface area (Å²) in [6.07, 6.45) is 1.84. The molecule has 1 N–H and O–H groups in total. The van der Waals surface area contributed by atoms with Crippen LogP contribution in [0, 0.1) is 5.92 Å². The summed E-state index contributed by atoms with van der Waals surface area (Å²) in [5.74, 6) is 0.940. The van der Waals surface area contributed by atoms with E-state index < -0.39 is 0 Å². The van der Waals surface area contributed by atoms with Gasteiger partial charge in [0, 0.05) is 25.6 Å². The Balaban J connectivity index is 1.87. The van der Waals surface area contributed by atoms with E-state index in [-0.39, 0.29) is 0 Å². The van der Waals surface area contributed by atoms with Crippen LogP contribution in [-0.2, 0) is 4.79 Å². The second kappa shape index (κ2) is 5.15. The summed E-state index contributed by atoms with van der Waals surface area (Å²) in [6, 6.07) is 0.369. The van der Waals surface area contributed by atoms with Crippen molar-refractivity contribution in [3.63, 3.8) is 0 Å². The Bertz CT molecular complexity index is 253. The molecular weight excluding hydrogens is 202 g/mol. The lowest BCUT2D eigenvalue weighted by molar-refractivity contribution is -0.134. The molecular formula is C12H23N3O. The van der Waals surface area contributed by atoms with Crippen molar-refractivity contribution in [2.45, 2.75) is 25.8 Å². The van der Waals surface area contributed by atoms with E-state index in [0.29, 0.717) is 17.9 Å². The predicted molar refractivity (Wildman–Crippen MR) is 64.3 cm³/mol. The number of carbonyl (C=O) groups excluding carboxylic acids is 1. The maximum atomic E-state index is 12.2. The number of nitrogens with one attached hydrogen (secondary N) is 1. The van der Waals surface area contributed by atoms with Gasteiger partial charge in [-0.1, -0.05) is 0 Å². The molecule has 1 unspecified atom stereocenters. The molecule has 0 bridgehead atoms.